The molecule has 0 aliphatic rings. The van der Waals surface area contributed by atoms with E-state index in [-0.39, 0.29) is 22.7 Å². The Balaban J connectivity index is 1.45. The number of unbranched alkanes of at least 4 members (excludes halogenated alkanes) is 2. The van der Waals surface area contributed by atoms with E-state index in [1.54, 1.807) is 30.3 Å². The highest BCUT2D eigenvalue weighted by Gasteiger charge is 2.16. The Morgan fingerprint density at radius 2 is 1.08 bits per heavy atom. The normalized spacial score (nSPS) is 11.0. The smallest absolute Gasteiger partial charge is 0.167 e. The summed E-state index contributed by atoms with van der Waals surface area (Å²) in [7, 11) is 1.44. The van der Waals surface area contributed by atoms with Crippen LogP contribution in [0, 0.1) is 17.5 Å². The lowest BCUT2D eigenvalue weighted by molar-refractivity contribution is 0.386. The maximum Gasteiger partial charge on any atom is 0.167 e. The Morgan fingerprint density at radius 1 is 0.583 bits per heavy atom. The molecule has 4 aromatic carbocycles. The van der Waals surface area contributed by atoms with Crippen molar-refractivity contribution >= 4 is 0 Å². The Kier molecular flexibility index (Phi) is 8.48. The molecule has 0 fully saturated rings. The lowest BCUT2D eigenvalue weighted by Crippen LogP contribution is -1.96. The van der Waals surface area contributed by atoms with Gasteiger partial charge < -0.3 is 4.74 Å². The van der Waals surface area contributed by atoms with Gasteiger partial charge in [0.2, 0.25) is 0 Å². The number of hydrogen-bond acceptors (Lipinski definition) is 1. The Morgan fingerprint density at radius 3 is 1.58 bits per heavy atom. The minimum atomic E-state index is -0.846. The van der Waals surface area contributed by atoms with Crippen molar-refractivity contribution in [3.8, 4) is 28.0 Å². The minimum absolute atomic E-state index is 0.225. The number of methoxy groups -OCH3 is 1. The third kappa shape index (κ3) is 5.99. The van der Waals surface area contributed by atoms with Crippen LogP contribution < -0.4 is 4.74 Å². The average molecular weight is 489 g/mol. The van der Waals surface area contributed by atoms with E-state index in [9.17, 15) is 4.39 Å². The Hall–Kier alpha value is -3.53. The fraction of sp³-hybridized carbons (Fsp3) is 0.250. The quantitative estimate of drug-likeness (QED) is 0.202. The van der Waals surface area contributed by atoms with Gasteiger partial charge in [0.15, 0.2) is 23.2 Å². The van der Waals surface area contributed by atoms with E-state index in [4.69, 9.17) is 4.74 Å². The average Bonchev–Trinajstić information content (AvgIpc) is 2.90. The second-order valence-corrected chi connectivity index (χ2v) is 9.11. The van der Waals surface area contributed by atoms with Gasteiger partial charge in [-0.25, -0.2) is 13.2 Å². The van der Waals surface area contributed by atoms with Crippen LogP contribution in [0.5, 0.6) is 5.75 Å². The summed E-state index contributed by atoms with van der Waals surface area (Å²) in [5.41, 5.74) is 4.89. The van der Waals surface area contributed by atoms with E-state index in [1.165, 1.54) is 31.6 Å². The van der Waals surface area contributed by atoms with Crippen LogP contribution in [0.3, 0.4) is 0 Å². The van der Waals surface area contributed by atoms with Crippen LogP contribution in [0.15, 0.2) is 78.9 Å². The van der Waals surface area contributed by atoms with Crippen LogP contribution >= 0.6 is 0 Å². The summed E-state index contributed by atoms with van der Waals surface area (Å²) in [6.45, 7) is 2.17. The first kappa shape index (κ1) is 25.6. The first-order valence-corrected chi connectivity index (χ1v) is 12.5. The summed E-state index contributed by atoms with van der Waals surface area (Å²) in [4.78, 5) is 0. The van der Waals surface area contributed by atoms with Crippen LogP contribution in [0.1, 0.15) is 42.9 Å². The number of ether oxygens (including phenoxy) is 1. The topological polar surface area (TPSA) is 9.23 Å². The van der Waals surface area contributed by atoms with Gasteiger partial charge in [-0.3, -0.25) is 0 Å². The largest absolute Gasteiger partial charge is 0.494 e. The van der Waals surface area contributed by atoms with Gasteiger partial charge in [-0.05, 0) is 65.6 Å². The molecular formula is C32H31F3O. The van der Waals surface area contributed by atoms with Crippen LogP contribution in [0.4, 0.5) is 13.2 Å². The molecule has 0 saturated carbocycles. The van der Waals surface area contributed by atoms with Crippen molar-refractivity contribution in [1.29, 1.82) is 0 Å². The fourth-order valence-electron chi connectivity index (χ4n) is 4.43. The molecule has 0 aliphatic carbocycles. The molecule has 0 aromatic heterocycles. The first-order valence-electron chi connectivity index (χ1n) is 12.5. The maximum absolute atomic E-state index is 15.1. The molecule has 186 valence electrons. The number of halogens is 3. The minimum Gasteiger partial charge on any atom is -0.494 e. The summed E-state index contributed by atoms with van der Waals surface area (Å²) in [6.07, 6.45) is 5.85. The highest BCUT2D eigenvalue weighted by molar-refractivity contribution is 5.72. The number of benzene rings is 4. The molecule has 0 unspecified atom stereocenters. The SMILES string of the molecule is CCCCCc1ccc(-c2ccc(-c3ccc(CCc4ccc(OC)c(F)c4)cc3)c(F)c2F)cc1. The van der Waals surface area contributed by atoms with Crippen molar-refractivity contribution in [3.63, 3.8) is 0 Å². The molecule has 0 atom stereocenters. The molecular weight excluding hydrogens is 457 g/mol. The van der Waals surface area contributed by atoms with Gasteiger partial charge in [-0.1, -0.05) is 86.5 Å². The van der Waals surface area contributed by atoms with Crippen LogP contribution in [0.2, 0.25) is 0 Å². The van der Waals surface area contributed by atoms with E-state index < -0.39 is 11.6 Å². The molecule has 0 bridgehead atoms. The predicted octanol–water partition coefficient (Wildman–Crippen LogP) is 8.96. The molecule has 4 heteroatoms. The van der Waals surface area contributed by atoms with Crippen molar-refractivity contribution in [1.82, 2.24) is 0 Å². The number of rotatable bonds is 10. The lowest BCUT2D eigenvalue weighted by Gasteiger charge is -2.11. The van der Waals surface area contributed by atoms with E-state index >= 15 is 8.78 Å². The van der Waals surface area contributed by atoms with Crippen LogP contribution in [-0.4, -0.2) is 7.11 Å². The van der Waals surface area contributed by atoms with Crippen molar-refractivity contribution in [2.45, 2.75) is 45.4 Å². The van der Waals surface area contributed by atoms with E-state index in [0.717, 1.165) is 24.0 Å². The first-order chi connectivity index (χ1) is 17.5. The highest BCUT2D eigenvalue weighted by atomic mass is 19.2. The third-order valence-corrected chi connectivity index (χ3v) is 6.60. The molecule has 0 spiro atoms. The lowest BCUT2D eigenvalue weighted by atomic mass is 9.96. The Bertz CT molecular complexity index is 1290. The molecule has 36 heavy (non-hydrogen) atoms. The molecule has 1 nitrogen and oxygen atoms in total. The molecule has 0 heterocycles. The Labute approximate surface area is 211 Å². The number of hydrogen-bond donors (Lipinski definition) is 0. The molecule has 4 aromatic rings. The zero-order valence-electron chi connectivity index (χ0n) is 20.8. The van der Waals surface area contributed by atoms with Gasteiger partial charge in [-0.2, -0.15) is 0 Å². The summed E-state index contributed by atoms with van der Waals surface area (Å²) in [5.74, 6) is -1.84. The third-order valence-electron chi connectivity index (χ3n) is 6.60. The zero-order valence-corrected chi connectivity index (χ0v) is 20.8. The summed E-state index contributed by atoms with van der Waals surface area (Å²) < 4.78 is 49.0. The fourth-order valence-corrected chi connectivity index (χ4v) is 4.43. The molecule has 0 radical (unpaired) electrons. The molecule has 0 amide bonds. The molecule has 0 aliphatic heterocycles. The standard InChI is InChI=1S/C32H31F3O/c1-3-4-5-6-22-9-14-25(15-10-22)27-18-19-28(32(35)31(27)34)26-16-11-23(12-17-26)7-8-24-13-20-30(36-2)29(33)21-24/h9-21H,3-8H2,1-2H3. The number of aryl methyl sites for hydroxylation is 3. The second-order valence-electron chi connectivity index (χ2n) is 9.11. The molecule has 0 saturated heterocycles. The van der Waals surface area contributed by atoms with Gasteiger partial charge in [-0.15, -0.1) is 0 Å². The zero-order chi connectivity index (χ0) is 25.5. The maximum atomic E-state index is 15.1. The van der Waals surface area contributed by atoms with E-state index in [2.05, 4.69) is 6.92 Å². The van der Waals surface area contributed by atoms with E-state index in [0.29, 0.717) is 24.0 Å². The van der Waals surface area contributed by atoms with Crippen LogP contribution in [0.25, 0.3) is 22.3 Å². The van der Waals surface area contributed by atoms with Crippen molar-refractivity contribution in [2.24, 2.45) is 0 Å². The van der Waals surface area contributed by atoms with Gasteiger partial charge in [0.1, 0.15) is 0 Å². The van der Waals surface area contributed by atoms with E-state index in [1.807, 2.05) is 42.5 Å². The monoisotopic (exact) mass is 488 g/mol. The van der Waals surface area contributed by atoms with Crippen molar-refractivity contribution < 1.29 is 17.9 Å². The van der Waals surface area contributed by atoms with Gasteiger partial charge >= 0.3 is 0 Å². The van der Waals surface area contributed by atoms with Crippen LogP contribution in [-0.2, 0) is 19.3 Å². The van der Waals surface area contributed by atoms with Crippen molar-refractivity contribution in [2.75, 3.05) is 7.11 Å². The van der Waals surface area contributed by atoms with Gasteiger partial charge in [0, 0.05) is 11.1 Å². The second kappa shape index (κ2) is 11.9. The van der Waals surface area contributed by atoms with Crippen molar-refractivity contribution in [3.05, 3.63) is 113 Å². The summed E-state index contributed by atoms with van der Waals surface area (Å²) in [5, 5.41) is 0. The summed E-state index contributed by atoms with van der Waals surface area (Å²) >= 11 is 0. The highest BCUT2D eigenvalue weighted by Crippen LogP contribution is 2.32. The molecule has 0 N–H and O–H groups in total. The van der Waals surface area contributed by atoms with Gasteiger partial charge in [0.25, 0.3) is 0 Å². The molecule has 4 rings (SSSR count). The summed E-state index contributed by atoms with van der Waals surface area (Å²) in [6, 6.07) is 23.3. The van der Waals surface area contributed by atoms with Gasteiger partial charge in [0.05, 0.1) is 7.11 Å². The predicted molar refractivity (Wildman–Crippen MR) is 141 cm³/mol.